The van der Waals surface area contributed by atoms with Crippen molar-refractivity contribution in [2.45, 2.75) is 25.8 Å². The lowest BCUT2D eigenvalue weighted by Crippen LogP contribution is -2.17. The summed E-state index contributed by atoms with van der Waals surface area (Å²) in [5, 5.41) is 4.21. The highest BCUT2D eigenvalue weighted by Crippen LogP contribution is 2.33. The number of anilines is 1. The number of rotatable bonds is 3. The van der Waals surface area contributed by atoms with Crippen molar-refractivity contribution in [1.82, 2.24) is 4.98 Å². The van der Waals surface area contributed by atoms with Gasteiger partial charge in [-0.05, 0) is 25.0 Å². The number of ketones is 1. The number of aromatic nitrogens is 1. The molecule has 0 saturated heterocycles. The SMILES string of the molecule is O=C1CCCc2nc3ccccc3c(NCc3ccccc3F)c21. The Morgan fingerprint density at radius 3 is 2.71 bits per heavy atom. The summed E-state index contributed by atoms with van der Waals surface area (Å²) in [6.07, 6.45) is 2.19. The van der Waals surface area contributed by atoms with E-state index in [1.807, 2.05) is 30.3 Å². The maximum absolute atomic E-state index is 13.9. The van der Waals surface area contributed by atoms with Gasteiger partial charge in [0.25, 0.3) is 0 Å². The van der Waals surface area contributed by atoms with Crippen LogP contribution in [0.4, 0.5) is 10.1 Å². The molecule has 3 aromatic rings. The number of nitrogens with zero attached hydrogens (tertiary/aromatic N) is 1. The minimum Gasteiger partial charge on any atom is -0.380 e. The molecule has 4 heteroatoms. The zero-order valence-corrected chi connectivity index (χ0v) is 13.2. The second kappa shape index (κ2) is 6.04. The minimum absolute atomic E-state index is 0.116. The molecule has 0 fully saturated rings. The summed E-state index contributed by atoms with van der Waals surface area (Å²) in [5.41, 5.74) is 3.75. The van der Waals surface area contributed by atoms with E-state index in [1.54, 1.807) is 12.1 Å². The number of carbonyl (C=O) groups excluding carboxylic acids is 1. The first kappa shape index (κ1) is 14.8. The van der Waals surface area contributed by atoms with Crippen LogP contribution in [-0.2, 0) is 13.0 Å². The van der Waals surface area contributed by atoms with E-state index in [4.69, 9.17) is 0 Å². The number of carbonyl (C=O) groups is 1. The van der Waals surface area contributed by atoms with Crippen LogP contribution >= 0.6 is 0 Å². The van der Waals surface area contributed by atoms with E-state index in [-0.39, 0.29) is 11.6 Å². The van der Waals surface area contributed by atoms with E-state index in [0.717, 1.165) is 35.1 Å². The van der Waals surface area contributed by atoms with Crippen molar-refractivity contribution in [3.63, 3.8) is 0 Å². The number of hydrogen-bond donors (Lipinski definition) is 1. The molecule has 120 valence electrons. The van der Waals surface area contributed by atoms with Crippen molar-refractivity contribution >= 4 is 22.4 Å². The summed E-state index contributed by atoms with van der Waals surface area (Å²) < 4.78 is 13.9. The summed E-state index contributed by atoms with van der Waals surface area (Å²) in [6.45, 7) is 0.334. The van der Waals surface area contributed by atoms with Crippen LogP contribution in [0.15, 0.2) is 48.5 Å². The number of pyridine rings is 1. The third-order valence-corrected chi connectivity index (χ3v) is 4.48. The molecular weight excluding hydrogens is 303 g/mol. The molecule has 1 N–H and O–H groups in total. The molecule has 0 bridgehead atoms. The molecule has 0 aliphatic heterocycles. The van der Waals surface area contributed by atoms with Gasteiger partial charge in [-0.15, -0.1) is 0 Å². The average molecular weight is 320 g/mol. The van der Waals surface area contributed by atoms with Gasteiger partial charge in [0.1, 0.15) is 5.82 Å². The van der Waals surface area contributed by atoms with Crippen LogP contribution in [0.2, 0.25) is 0 Å². The fraction of sp³-hybridized carbons (Fsp3) is 0.200. The molecule has 1 aliphatic rings. The predicted octanol–water partition coefficient (Wildman–Crippen LogP) is 4.51. The molecule has 0 radical (unpaired) electrons. The Bertz CT molecular complexity index is 936. The first-order valence-electron chi connectivity index (χ1n) is 8.16. The number of halogens is 1. The summed E-state index contributed by atoms with van der Waals surface area (Å²) in [6, 6.07) is 14.4. The van der Waals surface area contributed by atoms with Gasteiger partial charge in [0.05, 0.1) is 22.5 Å². The van der Waals surface area contributed by atoms with E-state index in [9.17, 15) is 9.18 Å². The molecule has 3 nitrogen and oxygen atoms in total. The number of nitrogens with one attached hydrogen (secondary N) is 1. The van der Waals surface area contributed by atoms with E-state index in [2.05, 4.69) is 10.3 Å². The molecule has 2 aromatic carbocycles. The average Bonchev–Trinajstić information content (AvgIpc) is 2.60. The van der Waals surface area contributed by atoms with E-state index >= 15 is 0 Å². The van der Waals surface area contributed by atoms with Gasteiger partial charge in [0.2, 0.25) is 0 Å². The van der Waals surface area contributed by atoms with Crippen molar-refractivity contribution in [2.75, 3.05) is 5.32 Å². The van der Waals surface area contributed by atoms with Gasteiger partial charge in [-0.2, -0.15) is 0 Å². The van der Waals surface area contributed by atoms with Crippen molar-refractivity contribution in [3.8, 4) is 0 Å². The van der Waals surface area contributed by atoms with Crippen LogP contribution in [0.5, 0.6) is 0 Å². The largest absolute Gasteiger partial charge is 0.380 e. The number of fused-ring (bicyclic) bond motifs is 2. The van der Waals surface area contributed by atoms with E-state index in [1.165, 1.54) is 6.07 Å². The molecule has 1 aromatic heterocycles. The van der Waals surface area contributed by atoms with Crippen molar-refractivity contribution in [3.05, 3.63) is 71.2 Å². The Morgan fingerprint density at radius 1 is 1.04 bits per heavy atom. The highest BCUT2D eigenvalue weighted by atomic mass is 19.1. The van der Waals surface area contributed by atoms with Crippen molar-refractivity contribution in [1.29, 1.82) is 0 Å². The van der Waals surface area contributed by atoms with Gasteiger partial charge < -0.3 is 5.32 Å². The smallest absolute Gasteiger partial charge is 0.166 e. The summed E-state index contributed by atoms with van der Waals surface area (Å²) in [5.74, 6) is -0.130. The molecule has 1 heterocycles. The molecule has 0 spiro atoms. The second-order valence-corrected chi connectivity index (χ2v) is 6.05. The first-order valence-corrected chi connectivity index (χ1v) is 8.16. The highest BCUT2D eigenvalue weighted by Gasteiger charge is 2.24. The molecule has 0 unspecified atom stereocenters. The molecular formula is C20H17FN2O. The van der Waals surface area contributed by atoms with Gasteiger partial charge in [0.15, 0.2) is 5.78 Å². The summed E-state index contributed by atoms with van der Waals surface area (Å²) in [7, 11) is 0. The Morgan fingerprint density at radius 2 is 1.83 bits per heavy atom. The number of hydrogen-bond acceptors (Lipinski definition) is 3. The third-order valence-electron chi connectivity index (χ3n) is 4.48. The predicted molar refractivity (Wildman–Crippen MR) is 92.7 cm³/mol. The molecule has 24 heavy (non-hydrogen) atoms. The lowest BCUT2D eigenvalue weighted by atomic mass is 9.91. The van der Waals surface area contributed by atoms with Gasteiger partial charge in [0, 0.05) is 23.9 Å². The molecule has 0 amide bonds. The van der Waals surface area contributed by atoms with Gasteiger partial charge in [-0.3, -0.25) is 9.78 Å². The standard InChI is InChI=1S/C20H17FN2O/c21-15-8-3-1-6-13(15)12-22-20-14-7-2-4-9-16(14)23-17-10-5-11-18(24)19(17)20/h1-4,6-9H,5,10-12H2,(H,22,23). The van der Waals surface area contributed by atoms with E-state index in [0.29, 0.717) is 24.1 Å². The fourth-order valence-corrected chi connectivity index (χ4v) is 3.29. The van der Waals surface area contributed by atoms with Gasteiger partial charge in [-0.1, -0.05) is 36.4 Å². The van der Waals surface area contributed by atoms with Crippen molar-refractivity contribution in [2.24, 2.45) is 0 Å². The van der Waals surface area contributed by atoms with Crippen LogP contribution in [0.25, 0.3) is 10.9 Å². The molecule has 1 aliphatic carbocycles. The lowest BCUT2D eigenvalue weighted by molar-refractivity contribution is 0.0972. The Labute approximate surface area is 139 Å². The summed E-state index contributed by atoms with van der Waals surface area (Å²) >= 11 is 0. The molecule has 0 atom stereocenters. The zero-order chi connectivity index (χ0) is 16.5. The van der Waals surface area contributed by atoms with Crippen LogP contribution in [0.1, 0.15) is 34.5 Å². The normalized spacial score (nSPS) is 13.8. The first-order chi connectivity index (χ1) is 11.7. The Kier molecular flexibility index (Phi) is 3.73. The van der Waals surface area contributed by atoms with Gasteiger partial charge >= 0.3 is 0 Å². The van der Waals surface area contributed by atoms with Crippen LogP contribution in [0.3, 0.4) is 0 Å². The summed E-state index contributed by atoms with van der Waals surface area (Å²) in [4.78, 5) is 17.1. The van der Waals surface area contributed by atoms with Gasteiger partial charge in [-0.25, -0.2) is 4.39 Å². The van der Waals surface area contributed by atoms with Crippen LogP contribution < -0.4 is 5.32 Å². The number of para-hydroxylation sites is 1. The minimum atomic E-state index is -0.247. The maximum Gasteiger partial charge on any atom is 0.166 e. The van der Waals surface area contributed by atoms with Crippen LogP contribution in [-0.4, -0.2) is 10.8 Å². The van der Waals surface area contributed by atoms with Crippen molar-refractivity contribution < 1.29 is 9.18 Å². The number of benzene rings is 2. The van der Waals surface area contributed by atoms with E-state index < -0.39 is 0 Å². The number of Topliss-reactive ketones (excluding diaryl/α,β-unsaturated/α-hetero) is 1. The zero-order valence-electron chi connectivity index (χ0n) is 13.2. The highest BCUT2D eigenvalue weighted by molar-refractivity contribution is 6.09. The fourth-order valence-electron chi connectivity index (χ4n) is 3.29. The Balaban J connectivity index is 1.82. The third kappa shape index (κ3) is 2.54. The maximum atomic E-state index is 13.9. The second-order valence-electron chi connectivity index (χ2n) is 6.05. The molecule has 0 saturated carbocycles. The Hall–Kier alpha value is -2.75. The van der Waals surface area contributed by atoms with Crippen LogP contribution in [0, 0.1) is 5.82 Å². The lowest BCUT2D eigenvalue weighted by Gasteiger charge is -2.21. The topological polar surface area (TPSA) is 42.0 Å². The monoisotopic (exact) mass is 320 g/mol. The number of aryl methyl sites for hydroxylation is 1. The quantitative estimate of drug-likeness (QED) is 0.772. The molecule has 4 rings (SSSR count).